The molecule has 0 heterocycles. The number of carbonyl (C=O) groups is 1. The molecular formula is C10H25N2O2P. The summed E-state index contributed by atoms with van der Waals surface area (Å²) in [5.74, 6) is -1.18. The van der Waals surface area contributed by atoms with Gasteiger partial charge < -0.3 is 21.4 Å². The van der Waals surface area contributed by atoms with E-state index in [0.717, 1.165) is 12.8 Å². The molecule has 0 aromatic heterocycles. The Morgan fingerprint density at radius 2 is 1.67 bits per heavy atom. The van der Waals surface area contributed by atoms with E-state index < -0.39 is 12.0 Å². The van der Waals surface area contributed by atoms with Crippen molar-refractivity contribution in [2.75, 3.05) is 33.2 Å². The molecule has 1 atom stereocenters. The summed E-state index contributed by atoms with van der Waals surface area (Å²) in [7, 11) is -0.389. The van der Waals surface area contributed by atoms with Crippen LogP contribution < -0.4 is 16.6 Å². The van der Waals surface area contributed by atoms with Gasteiger partial charge >= 0.3 is 0 Å². The standard InChI is InChI=1S/C6H14N2O2.C4H12P/c7-4-2-1-3-5(8)6(9)10;1-5(2,3)4/h5H,1-4,7-8H2,(H,9,10);1-4H3/q;+1/p-1/t5-;/m0./s1. The Hall–Kier alpha value is -0.180. The van der Waals surface area contributed by atoms with Crippen molar-refractivity contribution in [3.63, 3.8) is 0 Å². The third kappa shape index (κ3) is 24.8. The van der Waals surface area contributed by atoms with Gasteiger partial charge in [-0.1, -0.05) is 6.42 Å². The van der Waals surface area contributed by atoms with Crippen molar-refractivity contribution >= 4 is 13.2 Å². The van der Waals surface area contributed by atoms with Crippen LogP contribution in [0.1, 0.15) is 19.3 Å². The lowest BCUT2D eigenvalue weighted by atomic mass is 10.1. The molecule has 0 aliphatic rings. The number of rotatable bonds is 5. The van der Waals surface area contributed by atoms with E-state index >= 15 is 0 Å². The van der Waals surface area contributed by atoms with Crippen LogP contribution in [0, 0.1) is 0 Å². The van der Waals surface area contributed by atoms with Gasteiger partial charge in [0.2, 0.25) is 0 Å². The fourth-order valence-electron chi connectivity index (χ4n) is 0.626. The first-order valence-corrected chi connectivity index (χ1v) is 8.71. The summed E-state index contributed by atoms with van der Waals surface area (Å²) in [6.45, 7) is 9.78. The molecule has 0 spiro atoms. The summed E-state index contributed by atoms with van der Waals surface area (Å²) < 4.78 is 0. The molecule has 0 amide bonds. The fraction of sp³-hybridized carbons (Fsp3) is 0.900. The second-order valence-electron chi connectivity index (χ2n) is 4.89. The summed E-state index contributed by atoms with van der Waals surface area (Å²) >= 11 is 0. The fourth-order valence-corrected chi connectivity index (χ4v) is 0.626. The van der Waals surface area contributed by atoms with Crippen LogP contribution in [0.2, 0.25) is 0 Å². The van der Waals surface area contributed by atoms with Gasteiger partial charge in [0.05, 0.1) is 5.97 Å². The van der Waals surface area contributed by atoms with Gasteiger partial charge in [-0.3, -0.25) is 0 Å². The number of carboxylic acid groups (broad SMARTS) is 1. The Morgan fingerprint density at radius 3 is 1.93 bits per heavy atom. The van der Waals surface area contributed by atoms with Crippen LogP contribution in [-0.2, 0) is 4.79 Å². The topological polar surface area (TPSA) is 92.2 Å². The highest BCUT2D eigenvalue weighted by Gasteiger charge is 2.03. The van der Waals surface area contributed by atoms with Crippen LogP contribution in [-0.4, -0.2) is 45.2 Å². The zero-order valence-corrected chi connectivity index (χ0v) is 11.2. The van der Waals surface area contributed by atoms with E-state index in [2.05, 4.69) is 26.7 Å². The predicted molar refractivity (Wildman–Crippen MR) is 66.5 cm³/mol. The molecular weight excluding hydrogens is 211 g/mol. The second kappa shape index (κ2) is 9.08. The molecule has 0 saturated carbocycles. The predicted octanol–water partition coefficient (Wildman–Crippen LogP) is -0.284. The van der Waals surface area contributed by atoms with E-state index in [1.807, 2.05) is 0 Å². The van der Waals surface area contributed by atoms with E-state index in [1.54, 1.807) is 0 Å². The van der Waals surface area contributed by atoms with Gasteiger partial charge in [-0.25, -0.2) is 0 Å². The van der Waals surface area contributed by atoms with E-state index in [9.17, 15) is 9.90 Å². The zero-order valence-electron chi connectivity index (χ0n) is 10.3. The maximum Gasteiger partial charge on any atom is 0.0582 e. The minimum absolute atomic E-state index is 0.389. The quantitative estimate of drug-likeness (QED) is 0.507. The highest BCUT2D eigenvalue weighted by molar-refractivity contribution is 7.73. The lowest BCUT2D eigenvalue weighted by molar-refractivity contribution is -0.307. The van der Waals surface area contributed by atoms with E-state index in [1.165, 1.54) is 0 Å². The zero-order chi connectivity index (χ0) is 12.5. The van der Waals surface area contributed by atoms with Crippen molar-refractivity contribution in [1.29, 1.82) is 0 Å². The molecule has 0 aromatic rings. The number of unbranched alkanes of at least 4 members (excludes halogenated alkanes) is 1. The molecule has 0 radical (unpaired) electrons. The van der Waals surface area contributed by atoms with Gasteiger partial charge in [-0.05, 0) is 19.4 Å². The van der Waals surface area contributed by atoms with Crippen molar-refractivity contribution in [1.82, 2.24) is 0 Å². The van der Waals surface area contributed by atoms with Crippen LogP contribution in [0.5, 0.6) is 0 Å². The number of carbonyl (C=O) groups excluding carboxylic acids is 1. The van der Waals surface area contributed by atoms with E-state index in [4.69, 9.17) is 11.5 Å². The number of nitrogens with two attached hydrogens (primary N) is 2. The number of hydrogen-bond donors (Lipinski definition) is 2. The van der Waals surface area contributed by atoms with Gasteiger partial charge in [-0.15, -0.1) is 0 Å². The summed E-state index contributed by atoms with van der Waals surface area (Å²) in [5, 5.41) is 10.0. The molecule has 0 aliphatic heterocycles. The Kier molecular flexibility index (Phi) is 10.4. The van der Waals surface area contributed by atoms with Crippen molar-refractivity contribution < 1.29 is 9.90 Å². The molecule has 0 saturated heterocycles. The van der Waals surface area contributed by atoms with Gasteiger partial charge in [0.15, 0.2) is 0 Å². The maximum absolute atomic E-state index is 10.0. The summed E-state index contributed by atoms with van der Waals surface area (Å²) in [6, 6.07) is -0.827. The summed E-state index contributed by atoms with van der Waals surface area (Å²) in [4.78, 5) is 10.0. The number of aliphatic carboxylic acids is 1. The van der Waals surface area contributed by atoms with Crippen molar-refractivity contribution in [2.45, 2.75) is 25.3 Å². The molecule has 92 valence electrons. The first-order valence-electron chi connectivity index (χ1n) is 5.14. The molecule has 0 unspecified atom stereocenters. The lowest BCUT2D eigenvalue weighted by Crippen LogP contribution is -2.41. The number of hydrogen-bond acceptors (Lipinski definition) is 4. The van der Waals surface area contributed by atoms with Crippen molar-refractivity contribution in [2.24, 2.45) is 11.5 Å². The van der Waals surface area contributed by atoms with E-state index in [0.29, 0.717) is 13.0 Å². The third-order valence-corrected chi connectivity index (χ3v) is 1.27. The Balaban J connectivity index is 0. The third-order valence-electron chi connectivity index (χ3n) is 1.27. The SMILES string of the molecule is C[P+](C)(C)C.NCCCC[C@H](N)C(=O)[O-]. The van der Waals surface area contributed by atoms with E-state index in [-0.39, 0.29) is 7.26 Å². The molecule has 4 nitrogen and oxygen atoms in total. The van der Waals surface area contributed by atoms with Crippen LogP contribution in [0.4, 0.5) is 0 Å². The molecule has 4 N–H and O–H groups in total. The minimum Gasteiger partial charge on any atom is -0.548 e. The van der Waals surface area contributed by atoms with Crippen LogP contribution in [0.15, 0.2) is 0 Å². The van der Waals surface area contributed by atoms with Crippen LogP contribution in [0.3, 0.4) is 0 Å². The van der Waals surface area contributed by atoms with Gasteiger partial charge in [-0.2, -0.15) is 0 Å². The largest absolute Gasteiger partial charge is 0.548 e. The van der Waals surface area contributed by atoms with Gasteiger partial charge in [0, 0.05) is 40.0 Å². The molecule has 0 fully saturated rings. The lowest BCUT2D eigenvalue weighted by Gasteiger charge is -2.10. The molecule has 0 aliphatic carbocycles. The average Bonchev–Trinajstić information content (AvgIpc) is 2.01. The molecule has 0 rings (SSSR count). The Morgan fingerprint density at radius 1 is 1.27 bits per heavy atom. The smallest absolute Gasteiger partial charge is 0.0582 e. The van der Waals surface area contributed by atoms with Crippen molar-refractivity contribution in [3.05, 3.63) is 0 Å². The molecule has 0 bridgehead atoms. The van der Waals surface area contributed by atoms with Crippen LogP contribution >= 0.6 is 7.26 Å². The van der Waals surface area contributed by atoms with Crippen molar-refractivity contribution in [3.8, 4) is 0 Å². The molecule has 5 heteroatoms. The molecule has 0 aromatic carbocycles. The monoisotopic (exact) mass is 236 g/mol. The average molecular weight is 236 g/mol. The normalized spacial score (nSPS) is 12.7. The Labute approximate surface area is 93.7 Å². The number of carboxylic acids is 1. The maximum atomic E-state index is 10.0. The first-order chi connectivity index (χ1) is 6.68. The molecule has 15 heavy (non-hydrogen) atoms. The van der Waals surface area contributed by atoms with Gasteiger partial charge in [0.25, 0.3) is 0 Å². The Bertz CT molecular complexity index is 163. The van der Waals surface area contributed by atoms with Crippen LogP contribution in [0.25, 0.3) is 0 Å². The highest BCUT2D eigenvalue weighted by Crippen LogP contribution is 2.40. The summed E-state index contributed by atoms with van der Waals surface area (Å²) in [5.41, 5.74) is 10.3. The summed E-state index contributed by atoms with van der Waals surface area (Å²) in [6.07, 6.45) is 2.03. The first kappa shape index (κ1) is 17.2. The highest BCUT2D eigenvalue weighted by atomic mass is 31.2. The second-order valence-corrected chi connectivity index (χ2v) is 10.3. The minimum atomic E-state index is -1.18. The van der Waals surface area contributed by atoms with Gasteiger partial charge in [0.1, 0.15) is 0 Å².